The highest BCUT2D eigenvalue weighted by molar-refractivity contribution is 7.89. The van der Waals surface area contributed by atoms with Crippen LogP contribution < -0.4 is 10.9 Å². The number of hydrogen-bond donors (Lipinski definition) is 1. The van der Waals surface area contributed by atoms with Crippen LogP contribution in [0.1, 0.15) is 5.56 Å². The summed E-state index contributed by atoms with van der Waals surface area (Å²) >= 11 is 0. The number of non-ortho nitro benzene ring substituents is 1. The molecule has 0 atom stereocenters. The zero-order valence-electron chi connectivity index (χ0n) is 16.9. The molecular weight excluding hydrogens is 426 g/mol. The third-order valence-electron chi connectivity index (χ3n) is 4.56. The van der Waals surface area contributed by atoms with Crippen LogP contribution in [0.25, 0.3) is 10.9 Å². The molecule has 1 aromatic heterocycles. The number of nitrogens with one attached hydrogen (secondary N) is 1. The minimum Gasteiger partial charge on any atom is -0.324 e. The lowest BCUT2D eigenvalue weighted by Gasteiger charge is -2.15. The van der Waals surface area contributed by atoms with Crippen LogP contribution in [-0.2, 0) is 21.4 Å². The Bertz CT molecular complexity index is 1360. The average Bonchev–Trinajstić information content (AvgIpc) is 2.71. The molecule has 0 unspecified atom stereocenters. The molecule has 11 nitrogen and oxygen atoms in total. The van der Waals surface area contributed by atoms with E-state index in [4.69, 9.17) is 0 Å². The molecule has 0 saturated carbocycles. The van der Waals surface area contributed by atoms with Gasteiger partial charge < -0.3 is 5.32 Å². The first kappa shape index (κ1) is 22.1. The summed E-state index contributed by atoms with van der Waals surface area (Å²) < 4.78 is 27.0. The van der Waals surface area contributed by atoms with Crippen LogP contribution in [0.5, 0.6) is 0 Å². The highest BCUT2D eigenvalue weighted by atomic mass is 32.2. The standard InChI is InChI=1S/C19H19N5O6S/c1-12-4-5-13(8-17(12)31(29,30)22(2)3)21-18(25)10-23-11-20-16-9-14(24(27)28)6-7-15(16)19(23)26/h4-9,11H,10H2,1-3H3,(H,21,25). The van der Waals surface area contributed by atoms with Crippen molar-refractivity contribution in [3.63, 3.8) is 0 Å². The van der Waals surface area contributed by atoms with E-state index >= 15 is 0 Å². The van der Waals surface area contributed by atoms with Crippen molar-refractivity contribution in [1.29, 1.82) is 0 Å². The van der Waals surface area contributed by atoms with Gasteiger partial charge in [0.15, 0.2) is 0 Å². The zero-order valence-corrected chi connectivity index (χ0v) is 17.7. The number of rotatable bonds is 6. The molecule has 0 saturated heterocycles. The number of nitro benzene ring substituents is 1. The second-order valence-electron chi connectivity index (χ2n) is 6.95. The maximum atomic E-state index is 12.6. The zero-order chi connectivity index (χ0) is 22.9. The van der Waals surface area contributed by atoms with E-state index in [1.165, 1.54) is 38.4 Å². The minimum atomic E-state index is -3.70. The summed E-state index contributed by atoms with van der Waals surface area (Å²) in [5.41, 5.74) is 0.199. The summed E-state index contributed by atoms with van der Waals surface area (Å²) in [5.74, 6) is -0.567. The van der Waals surface area contributed by atoms with Gasteiger partial charge in [0.2, 0.25) is 15.9 Å². The van der Waals surface area contributed by atoms with Crippen LogP contribution >= 0.6 is 0 Å². The van der Waals surface area contributed by atoms with Crippen molar-refractivity contribution >= 4 is 38.2 Å². The molecular formula is C19H19N5O6S. The fraction of sp³-hybridized carbons (Fsp3) is 0.211. The molecule has 0 bridgehead atoms. The van der Waals surface area contributed by atoms with E-state index in [0.717, 1.165) is 15.2 Å². The van der Waals surface area contributed by atoms with E-state index in [0.29, 0.717) is 5.56 Å². The summed E-state index contributed by atoms with van der Waals surface area (Å²) in [6.07, 6.45) is 1.13. The lowest BCUT2D eigenvalue weighted by atomic mass is 10.2. The number of anilines is 1. The number of benzene rings is 2. The molecule has 1 heterocycles. The molecule has 3 rings (SSSR count). The fourth-order valence-corrected chi connectivity index (χ4v) is 4.02. The number of carbonyl (C=O) groups excluding carboxylic acids is 1. The Labute approximate surface area is 177 Å². The molecule has 1 amide bonds. The summed E-state index contributed by atoms with van der Waals surface area (Å²) in [5, 5.41) is 13.6. The number of sulfonamides is 1. The number of aryl methyl sites for hydroxylation is 1. The molecule has 0 radical (unpaired) electrons. The molecule has 1 N–H and O–H groups in total. The van der Waals surface area contributed by atoms with Gasteiger partial charge in [0.05, 0.1) is 27.0 Å². The van der Waals surface area contributed by atoms with E-state index < -0.39 is 26.4 Å². The highest BCUT2D eigenvalue weighted by Gasteiger charge is 2.20. The monoisotopic (exact) mass is 445 g/mol. The summed E-state index contributed by atoms with van der Waals surface area (Å²) in [7, 11) is -0.876. The van der Waals surface area contributed by atoms with Crippen molar-refractivity contribution in [2.45, 2.75) is 18.4 Å². The lowest BCUT2D eigenvalue weighted by Crippen LogP contribution is -2.28. The second-order valence-corrected chi connectivity index (χ2v) is 9.07. The molecule has 0 fully saturated rings. The van der Waals surface area contributed by atoms with Gasteiger partial charge in [-0.25, -0.2) is 17.7 Å². The fourth-order valence-electron chi connectivity index (χ4n) is 2.88. The second kappa shape index (κ2) is 8.24. The highest BCUT2D eigenvalue weighted by Crippen LogP contribution is 2.22. The van der Waals surface area contributed by atoms with Crippen molar-refractivity contribution in [1.82, 2.24) is 13.9 Å². The van der Waals surface area contributed by atoms with E-state index in [1.54, 1.807) is 19.1 Å². The Morgan fingerprint density at radius 3 is 2.58 bits per heavy atom. The van der Waals surface area contributed by atoms with Crippen LogP contribution in [0.15, 0.2) is 52.4 Å². The molecule has 0 spiro atoms. The third-order valence-corrected chi connectivity index (χ3v) is 6.52. The van der Waals surface area contributed by atoms with Crippen LogP contribution in [0.2, 0.25) is 0 Å². The van der Waals surface area contributed by atoms with Crippen molar-refractivity contribution in [2.24, 2.45) is 0 Å². The quantitative estimate of drug-likeness (QED) is 0.447. The van der Waals surface area contributed by atoms with Gasteiger partial charge in [-0.15, -0.1) is 0 Å². The first-order valence-corrected chi connectivity index (χ1v) is 10.4. The van der Waals surface area contributed by atoms with Crippen LogP contribution in [0, 0.1) is 17.0 Å². The Hall–Kier alpha value is -3.64. The maximum absolute atomic E-state index is 12.6. The Balaban J connectivity index is 1.85. The van der Waals surface area contributed by atoms with Crippen LogP contribution in [-0.4, -0.2) is 47.2 Å². The van der Waals surface area contributed by atoms with E-state index in [-0.39, 0.29) is 33.7 Å². The number of nitrogens with zero attached hydrogens (tertiary/aromatic N) is 4. The first-order chi connectivity index (χ1) is 14.5. The van der Waals surface area contributed by atoms with Gasteiger partial charge >= 0.3 is 0 Å². The number of aromatic nitrogens is 2. The topological polar surface area (TPSA) is 145 Å². The molecule has 162 valence electrons. The number of fused-ring (bicyclic) bond motifs is 1. The Morgan fingerprint density at radius 1 is 1.23 bits per heavy atom. The molecule has 0 aliphatic heterocycles. The smallest absolute Gasteiger partial charge is 0.271 e. The van der Waals surface area contributed by atoms with Gasteiger partial charge in [0, 0.05) is 31.9 Å². The van der Waals surface area contributed by atoms with Gasteiger partial charge in [0.25, 0.3) is 11.2 Å². The summed E-state index contributed by atoms with van der Waals surface area (Å²) in [4.78, 5) is 39.4. The first-order valence-electron chi connectivity index (χ1n) is 8.97. The Morgan fingerprint density at radius 2 is 1.94 bits per heavy atom. The SMILES string of the molecule is Cc1ccc(NC(=O)Cn2cnc3cc([N+](=O)[O-])ccc3c2=O)cc1S(=O)(=O)N(C)C. The number of hydrogen-bond acceptors (Lipinski definition) is 7. The predicted octanol–water partition coefficient (Wildman–Crippen LogP) is 1.50. The van der Waals surface area contributed by atoms with Crippen LogP contribution in [0.4, 0.5) is 11.4 Å². The predicted molar refractivity (Wildman–Crippen MR) is 113 cm³/mol. The molecule has 0 aliphatic carbocycles. The van der Waals surface area contributed by atoms with Crippen molar-refractivity contribution in [3.05, 3.63) is 68.8 Å². The molecule has 2 aromatic carbocycles. The summed E-state index contributed by atoms with van der Waals surface area (Å²) in [6, 6.07) is 8.14. The molecule has 12 heteroatoms. The minimum absolute atomic E-state index is 0.0569. The van der Waals surface area contributed by atoms with Gasteiger partial charge in [0.1, 0.15) is 6.54 Å². The average molecular weight is 445 g/mol. The third kappa shape index (κ3) is 4.44. The van der Waals surface area contributed by atoms with Crippen molar-refractivity contribution in [3.8, 4) is 0 Å². The molecule has 0 aliphatic rings. The number of carbonyl (C=O) groups is 1. The largest absolute Gasteiger partial charge is 0.324 e. The van der Waals surface area contributed by atoms with Gasteiger partial charge in [-0.2, -0.15) is 0 Å². The van der Waals surface area contributed by atoms with Gasteiger partial charge in [-0.3, -0.25) is 24.3 Å². The van der Waals surface area contributed by atoms with Crippen molar-refractivity contribution in [2.75, 3.05) is 19.4 Å². The number of amides is 1. The van der Waals surface area contributed by atoms with E-state index in [9.17, 15) is 28.1 Å². The van der Waals surface area contributed by atoms with Crippen molar-refractivity contribution < 1.29 is 18.1 Å². The summed E-state index contributed by atoms with van der Waals surface area (Å²) in [6.45, 7) is 1.27. The lowest BCUT2D eigenvalue weighted by molar-refractivity contribution is -0.384. The number of nitro groups is 1. The molecule has 31 heavy (non-hydrogen) atoms. The Kier molecular flexibility index (Phi) is 5.86. The van der Waals surface area contributed by atoms with E-state index in [2.05, 4.69) is 10.3 Å². The molecule has 3 aromatic rings. The normalized spacial score (nSPS) is 11.6. The van der Waals surface area contributed by atoms with E-state index in [1.807, 2.05) is 0 Å². The van der Waals surface area contributed by atoms with Crippen LogP contribution in [0.3, 0.4) is 0 Å². The van der Waals surface area contributed by atoms with Gasteiger partial charge in [-0.1, -0.05) is 6.07 Å². The van der Waals surface area contributed by atoms with Gasteiger partial charge in [-0.05, 0) is 30.7 Å². The maximum Gasteiger partial charge on any atom is 0.271 e.